The highest BCUT2D eigenvalue weighted by Gasteiger charge is 2.19. The molecule has 0 aliphatic carbocycles. The number of aryl methyl sites for hydroxylation is 1. The van der Waals surface area contributed by atoms with E-state index in [1.165, 1.54) is 0 Å². The van der Waals surface area contributed by atoms with Gasteiger partial charge in [-0.1, -0.05) is 42.0 Å². The van der Waals surface area contributed by atoms with Gasteiger partial charge in [0.15, 0.2) is 0 Å². The molecule has 0 atom stereocenters. The van der Waals surface area contributed by atoms with Crippen LogP contribution in [0.15, 0.2) is 80.8 Å². The van der Waals surface area contributed by atoms with Crippen LogP contribution in [0.25, 0.3) is 33.2 Å². The SMILES string of the molecule is Cc1ccc2oc(=O)c(-c3ccccc3S)c(-c3ccc(O)cc3)c2c1. The summed E-state index contributed by atoms with van der Waals surface area (Å²) < 4.78 is 5.60. The van der Waals surface area contributed by atoms with E-state index < -0.39 is 5.63 Å². The number of phenols is 1. The monoisotopic (exact) mass is 360 g/mol. The van der Waals surface area contributed by atoms with Crippen molar-refractivity contribution in [3.8, 4) is 28.0 Å². The first-order valence-electron chi connectivity index (χ1n) is 8.20. The van der Waals surface area contributed by atoms with Crippen LogP contribution in [-0.4, -0.2) is 5.11 Å². The summed E-state index contributed by atoms with van der Waals surface area (Å²) in [7, 11) is 0. The first-order chi connectivity index (χ1) is 12.5. The Morgan fingerprint density at radius 1 is 0.923 bits per heavy atom. The lowest BCUT2D eigenvalue weighted by Gasteiger charge is -2.14. The number of rotatable bonds is 2. The molecule has 26 heavy (non-hydrogen) atoms. The van der Waals surface area contributed by atoms with E-state index in [-0.39, 0.29) is 5.75 Å². The van der Waals surface area contributed by atoms with Gasteiger partial charge < -0.3 is 9.52 Å². The van der Waals surface area contributed by atoms with Gasteiger partial charge in [-0.2, -0.15) is 0 Å². The molecular formula is C22H16O3S. The second kappa shape index (κ2) is 6.39. The highest BCUT2D eigenvalue weighted by atomic mass is 32.1. The quantitative estimate of drug-likeness (QED) is 0.370. The van der Waals surface area contributed by atoms with Gasteiger partial charge in [0.2, 0.25) is 0 Å². The number of hydrogen-bond acceptors (Lipinski definition) is 4. The molecule has 0 radical (unpaired) electrons. The Labute approximate surface area is 156 Å². The summed E-state index contributed by atoms with van der Waals surface area (Å²) in [6.45, 7) is 2.00. The predicted octanol–water partition coefficient (Wildman–Crippen LogP) is 5.43. The number of fused-ring (bicyclic) bond motifs is 1. The van der Waals surface area contributed by atoms with Gasteiger partial charge in [-0.15, -0.1) is 12.6 Å². The van der Waals surface area contributed by atoms with E-state index in [9.17, 15) is 9.90 Å². The lowest BCUT2D eigenvalue weighted by atomic mass is 9.92. The molecule has 0 saturated heterocycles. The van der Waals surface area contributed by atoms with Crippen molar-refractivity contribution < 1.29 is 9.52 Å². The minimum Gasteiger partial charge on any atom is -0.508 e. The van der Waals surface area contributed by atoms with E-state index in [0.29, 0.717) is 16.0 Å². The molecular weight excluding hydrogens is 344 g/mol. The maximum atomic E-state index is 12.9. The lowest BCUT2D eigenvalue weighted by Crippen LogP contribution is -2.06. The zero-order valence-corrected chi connectivity index (χ0v) is 15.0. The fourth-order valence-corrected chi connectivity index (χ4v) is 3.45. The fraction of sp³-hybridized carbons (Fsp3) is 0.0455. The molecule has 0 unspecified atom stereocenters. The van der Waals surface area contributed by atoms with Crippen LogP contribution in [0.5, 0.6) is 5.75 Å². The van der Waals surface area contributed by atoms with Crippen molar-refractivity contribution in [2.45, 2.75) is 11.8 Å². The second-order valence-electron chi connectivity index (χ2n) is 6.20. The third-order valence-corrected chi connectivity index (χ3v) is 4.78. The van der Waals surface area contributed by atoms with Crippen LogP contribution >= 0.6 is 12.6 Å². The average Bonchev–Trinajstić information content (AvgIpc) is 2.63. The van der Waals surface area contributed by atoms with E-state index in [1.54, 1.807) is 24.3 Å². The second-order valence-corrected chi connectivity index (χ2v) is 6.68. The number of benzene rings is 3. The molecule has 4 rings (SSSR count). The molecule has 0 amide bonds. The van der Waals surface area contributed by atoms with E-state index >= 15 is 0 Å². The molecule has 1 heterocycles. The van der Waals surface area contributed by atoms with Crippen LogP contribution < -0.4 is 5.63 Å². The van der Waals surface area contributed by atoms with E-state index in [2.05, 4.69) is 12.6 Å². The highest BCUT2D eigenvalue weighted by molar-refractivity contribution is 7.80. The predicted molar refractivity (Wildman–Crippen MR) is 107 cm³/mol. The highest BCUT2D eigenvalue weighted by Crippen LogP contribution is 2.38. The first-order valence-corrected chi connectivity index (χ1v) is 8.64. The Kier molecular flexibility index (Phi) is 4.05. The summed E-state index contributed by atoms with van der Waals surface area (Å²) in [4.78, 5) is 13.6. The van der Waals surface area contributed by atoms with Gasteiger partial charge >= 0.3 is 5.63 Å². The largest absolute Gasteiger partial charge is 0.508 e. The van der Waals surface area contributed by atoms with Crippen molar-refractivity contribution >= 4 is 23.6 Å². The van der Waals surface area contributed by atoms with Crippen LogP contribution in [0.2, 0.25) is 0 Å². The number of aromatic hydroxyl groups is 1. The summed E-state index contributed by atoms with van der Waals surface area (Å²) in [5.74, 6) is 0.174. The van der Waals surface area contributed by atoms with Gasteiger partial charge in [-0.25, -0.2) is 4.79 Å². The van der Waals surface area contributed by atoms with Gasteiger partial charge in [-0.05, 0) is 42.8 Å². The summed E-state index contributed by atoms with van der Waals surface area (Å²) in [6, 6.07) is 20.0. The molecule has 4 aromatic rings. The summed E-state index contributed by atoms with van der Waals surface area (Å²) in [5.41, 5.74) is 3.99. The Hall–Kier alpha value is -2.98. The standard InChI is InChI=1S/C22H16O3S/c1-13-6-11-18-17(12-13)20(14-7-9-15(23)10-8-14)21(22(24)25-18)16-4-2-3-5-19(16)26/h2-12,23,26H,1H3. The Morgan fingerprint density at radius 2 is 1.65 bits per heavy atom. The van der Waals surface area contributed by atoms with Gasteiger partial charge in [0.25, 0.3) is 0 Å². The van der Waals surface area contributed by atoms with Crippen molar-refractivity contribution in [1.29, 1.82) is 0 Å². The van der Waals surface area contributed by atoms with E-state index in [1.807, 2.05) is 49.4 Å². The maximum Gasteiger partial charge on any atom is 0.344 e. The Bertz CT molecular complexity index is 1170. The average molecular weight is 360 g/mol. The molecule has 128 valence electrons. The Balaban J connectivity index is 2.19. The van der Waals surface area contributed by atoms with Gasteiger partial charge in [0, 0.05) is 21.4 Å². The minimum absolute atomic E-state index is 0.174. The molecule has 0 bridgehead atoms. The third-order valence-electron chi connectivity index (χ3n) is 4.39. The first kappa shape index (κ1) is 16.5. The molecule has 3 aromatic carbocycles. The molecule has 1 aromatic heterocycles. The lowest BCUT2D eigenvalue weighted by molar-refractivity contribution is 0.475. The molecule has 0 aliphatic heterocycles. The van der Waals surface area contributed by atoms with Crippen molar-refractivity contribution in [2.75, 3.05) is 0 Å². The molecule has 1 N–H and O–H groups in total. The van der Waals surface area contributed by atoms with Crippen LogP contribution in [0.4, 0.5) is 0 Å². The zero-order valence-electron chi connectivity index (χ0n) is 14.1. The van der Waals surface area contributed by atoms with Crippen LogP contribution in [0.3, 0.4) is 0 Å². The topological polar surface area (TPSA) is 50.4 Å². The smallest absolute Gasteiger partial charge is 0.344 e. The minimum atomic E-state index is -0.411. The normalized spacial score (nSPS) is 11.0. The molecule has 4 heteroatoms. The summed E-state index contributed by atoms with van der Waals surface area (Å²) in [5, 5.41) is 10.5. The van der Waals surface area contributed by atoms with Crippen molar-refractivity contribution in [3.63, 3.8) is 0 Å². The van der Waals surface area contributed by atoms with E-state index in [0.717, 1.165) is 27.6 Å². The van der Waals surface area contributed by atoms with Crippen molar-refractivity contribution in [1.82, 2.24) is 0 Å². The number of phenolic OH excluding ortho intramolecular Hbond substituents is 1. The molecule has 3 nitrogen and oxygen atoms in total. The number of thiol groups is 1. The van der Waals surface area contributed by atoms with Gasteiger partial charge in [0.1, 0.15) is 11.3 Å². The molecule has 0 aliphatic rings. The molecule has 0 saturated carbocycles. The van der Waals surface area contributed by atoms with E-state index in [4.69, 9.17) is 4.42 Å². The fourth-order valence-electron chi connectivity index (χ4n) is 3.17. The summed E-state index contributed by atoms with van der Waals surface area (Å²) in [6.07, 6.45) is 0. The maximum absolute atomic E-state index is 12.9. The van der Waals surface area contributed by atoms with Crippen LogP contribution in [-0.2, 0) is 0 Å². The van der Waals surface area contributed by atoms with Gasteiger partial charge in [0.05, 0.1) is 5.56 Å². The zero-order chi connectivity index (χ0) is 18.3. The van der Waals surface area contributed by atoms with Crippen molar-refractivity contribution in [3.05, 3.63) is 82.7 Å². The van der Waals surface area contributed by atoms with Crippen LogP contribution in [0.1, 0.15) is 5.56 Å². The third kappa shape index (κ3) is 2.78. The Morgan fingerprint density at radius 3 is 2.38 bits per heavy atom. The van der Waals surface area contributed by atoms with Gasteiger partial charge in [-0.3, -0.25) is 0 Å². The molecule has 0 spiro atoms. The summed E-state index contributed by atoms with van der Waals surface area (Å²) >= 11 is 4.53. The van der Waals surface area contributed by atoms with Crippen molar-refractivity contribution in [2.24, 2.45) is 0 Å². The number of hydrogen-bond donors (Lipinski definition) is 2. The molecule has 0 fully saturated rings. The van der Waals surface area contributed by atoms with Crippen LogP contribution in [0, 0.1) is 6.92 Å².